The number of hydrogen-bond donors (Lipinski definition) is 1. The number of imidazole rings is 1. The molecule has 2 amide bonds. The summed E-state index contributed by atoms with van der Waals surface area (Å²) < 4.78 is 1.88. The van der Waals surface area contributed by atoms with Crippen LogP contribution in [0.15, 0.2) is 85.1 Å². The molecule has 0 unspecified atom stereocenters. The van der Waals surface area contributed by atoms with Gasteiger partial charge in [-0.25, -0.2) is 4.98 Å². The predicted molar refractivity (Wildman–Crippen MR) is 138 cm³/mol. The highest BCUT2D eigenvalue weighted by Gasteiger charge is 2.34. The smallest absolute Gasteiger partial charge is 0.254 e. The van der Waals surface area contributed by atoms with E-state index in [9.17, 15) is 9.59 Å². The molecular weight excluding hydrogens is 436 g/mol. The molecule has 3 aromatic carbocycles. The van der Waals surface area contributed by atoms with Crippen molar-refractivity contribution < 1.29 is 9.59 Å². The summed E-state index contributed by atoms with van der Waals surface area (Å²) >= 11 is 0. The Morgan fingerprint density at radius 3 is 2.17 bits per heavy atom. The van der Waals surface area contributed by atoms with E-state index >= 15 is 0 Å². The maximum absolute atomic E-state index is 13.2. The van der Waals surface area contributed by atoms with E-state index in [-0.39, 0.29) is 24.4 Å². The lowest BCUT2D eigenvalue weighted by atomic mass is 10.1. The fourth-order valence-corrected chi connectivity index (χ4v) is 4.05. The fraction of sp³-hybridized carbons (Fsp3) is 0.207. The Balaban J connectivity index is 1.41. The number of benzene rings is 3. The lowest BCUT2D eigenvalue weighted by Gasteiger charge is -2.22. The molecule has 35 heavy (non-hydrogen) atoms. The lowest BCUT2D eigenvalue weighted by molar-refractivity contribution is -0.117. The van der Waals surface area contributed by atoms with Gasteiger partial charge in [0.25, 0.3) is 5.91 Å². The van der Waals surface area contributed by atoms with Crippen LogP contribution in [-0.4, -0.2) is 38.9 Å². The first kappa shape index (κ1) is 22.6. The van der Waals surface area contributed by atoms with Crippen molar-refractivity contribution in [1.82, 2.24) is 14.5 Å². The van der Waals surface area contributed by atoms with Crippen LogP contribution in [0.25, 0.3) is 16.9 Å². The highest BCUT2D eigenvalue weighted by Crippen LogP contribution is 2.29. The summed E-state index contributed by atoms with van der Waals surface area (Å²) in [6.45, 7) is 4.07. The Hall–Kier alpha value is -4.19. The maximum atomic E-state index is 13.2. The van der Waals surface area contributed by atoms with Gasteiger partial charge < -0.3 is 4.90 Å². The summed E-state index contributed by atoms with van der Waals surface area (Å²) in [5.41, 5.74) is 5.54. The molecule has 6 heteroatoms. The van der Waals surface area contributed by atoms with Crippen LogP contribution in [0.4, 0.5) is 5.95 Å². The second-order valence-corrected chi connectivity index (χ2v) is 9.10. The van der Waals surface area contributed by atoms with Gasteiger partial charge in [-0.2, -0.15) is 0 Å². The standard InChI is InChI=1S/C29H28N4O2/c1-20-8-12-22(13-9-20)26-18-33(25-14-10-21(2)11-15-25)29(30-26)31-27(34)19-32(24-16-17-24)28(35)23-6-4-3-5-7-23/h3-15,18,24H,16-17,19H2,1-2H3,(H,30,31,34). The van der Waals surface area contributed by atoms with Gasteiger partial charge in [-0.1, -0.05) is 65.7 Å². The zero-order valence-corrected chi connectivity index (χ0v) is 19.9. The molecule has 4 aromatic rings. The van der Waals surface area contributed by atoms with Gasteiger partial charge in [0.2, 0.25) is 11.9 Å². The van der Waals surface area contributed by atoms with Gasteiger partial charge >= 0.3 is 0 Å². The predicted octanol–water partition coefficient (Wildman–Crippen LogP) is 5.40. The molecule has 1 saturated carbocycles. The second-order valence-electron chi connectivity index (χ2n) is 9.10. The van der Waals surface area contributed by atoms with Crippen LogP contribution in [-0.2, 0) is 4.79 Å². The van der Waals surface area contributed by atoms with E-state index in [1.807, 2.05) is 91.3 Å². The third kappa shape index (κ3) is 5.17. The van der Waals surface area contributed by atoms with Crippen molar-refractivity contribution >= 4 is 17.8 Å². The summed E-state index contributed by atoms with van der Waals surface area (Å²) in [4.78, 5) is 32.7. The van der Waals surface area contributed by atoms with Crippen molar-refractivity contribution in [2.45, 2.75) is 32.7 Å². The summed E-state index contributed by atoms with van der Waals surface area (Å²) in [5.74, 6) is 0.0402. The number of hydrogen-bond acceptors (Lipinski definition) is 3. The molecule has 1 heterocycles. The van der Waals surface area contributed by atoms with Crippen molar-refractivity contribution in [1.29, 1.82) is 0 Å². The Morgan fingerprint density at radius 1 is 0.914 bits per heavy atom. The Bertz CT molecular complexity index is 1340. The number of rotatable bonds is 7. The summed E-state index contributed by atoms with van der Waals surface area (Å²) in [7, 11) is 0. The van der Waals surface area contributed by atoms with Crippen LogP contribution >= 0.6 is 0 Å². The number of carbonyl (C=O) groups is 2. The molecule has 0 aliphatic heterocycles. The van der Waals surface area contributed by atoms with Crippen LogP contribution in [0.2, 0.25) is 0 Å². The van der Waals surface area contributed by atoms with Gasteiger partial charge in [-0.05, 0) is 51.0 Å². The number of aryl methyl sites for hydroxylation is 2. The molecule has 1 N–H and O–H groups in total. The van der Waals surface area contributed by atoms with Crippen LogP contribution < -0.4 is 5.32 Å². The van der Waals surface area contributed by atoms with E-state index in [0.29, 0.717) is 11.5 Å². The topological polar surface area (TPSA) is 67.2 Å². The van der Waals surface area contributed by atoms with E-state index in [0.717, 1.165) is 35.3 Å². The molecule has 1 aromatic heterocycles. The molecule has 1 fully saturated rings. The summed E-state index contributed by atoms with van der Waals surface area (Å²) in [6, 6.07) is 25.4. The zero-order chi connectivity index (χ0) is 24.4. The normalized spacial score (nSPS) is 12.9. The highest BCUT2D eigenvalue weighted by molar-refractivity contribution is 5.99. The SMILES string of the molecule is Cc1ccc(-c2cn(-c3ccc(C)cc3)c(NC(=O)CN(C(=O)c3ccccc3)C3CC3)n2)cc1. The van der Waals surface area contributed by atoms with Crippen molar-refractivity contribution in [2.75, 3.05) is 11.9 Å². The Labute approximate surface area is 205 Å². The van der Waals surface area contributed by atoms with E-state index < -0.39 is 0 Å². The van der Waals surface area contributed by atoms with Gasteiger partial charge in [-0.3, -0.25) is 19.5 Å². The minimum atomic E-state index is -0.268. The van der Waals surface area contributed by atoms with E-state index in [1.54, 1.807) is 17.0 Å². The van der Waals surface area contributed by atoms with Crippen molar-refractivity contribution in [3.05, 3.63) is 102 Å². The first-order chi connectivity index (χ1) is 17.0. The van der Waals surface area contributed by atoms with E-state index in [2.05, 4.69) is 5.32 Å². The number of carbonyl (C=O) groups excluding carboxylic acids is 2. The quantitative estimate of drug-likeness (QED) is 0.398. The molecule has 1 aliphatic carbocycles. The van der Waals surface area contributed by atoms with E-state index in [1.165, 1.54) is 5.56 Å². The molecule has 6 nitrogen and oxygen atoms in total. The molecular formula is C29H28N4O2. The third-order valence-corrected chi connectivity index (χ3v) is 6.20. The van der Waals surface area contributed by atoms with Gasteiger partial charge in [-0.15, -0.1) is 0 Å². The van der Waals surface area contributed by atoms with Crippen molar-refractivity contribution in [2.24, 2.45) is 0 Å². The average Bonchev–Trinajstić information content (AvgIpc) is 3.64. The number of amides is 2. The number of nitrogens with zero attached hydrogens (tertiary/aromatic N) is 3. The molecule has 0 bridgehead atoms. The van der Waals surface area contributed by atoms with Crippen LogP contribution in [0.5, 0.6) is 0 Å². The molecule has 5 rings (SSSR count). The van der Waals surface area contributed by atoms with Crippen LogP contribution in [0.1, 0.15) is 34.3 Å². The number of nitrogens with one attached hydrogen (secondary N) is 1. The molecule has 176 valence electrons. The highest BCUT2D eigenvalue weighted by atomic mass is 16.2. The van der Waals surface area contributed by atoms with Crippen molar-refractivity contribution in [3.63, 3.8) is 0 Å². The van der Waals surface area contributed by atoms with Crippen LogP contribution in [0.3, 0.4) is 0 Å². The lowest BCUT2D eigenvalue weighted by Crippen LogP contribution is -2.39. The van der Waals surface area contributed by atoms with Gasteiger partial charge in [0.1, 0.15) is 6.54 Å². The monoisotopic (exact) mass is 464 g/mol. The fourth-order valence-electron chi connectivity index (χ4n) is 4.05. The molecule has 0 saturated heterocycles. The average molecular weight is 465 g/mol. The third-order valence-electron chi connectivity index (χ3n) is 6.20. The van der Waals surface area contributed by atoms with Gasteiger partial charge in [0.15, 0.2) is 0 Å². The first-order valence-electron chi connectivity index (χ1n) is 11.9. The van der Waals surface area contributed by atoms with Crippen molar-refractivity contribution in [3.8, 4) is 16.9 Å². The minimum Gasteiger partial charge on any atom is -0.326 e. The second kappa shape index (κ2) is 9.58. The van der Waals surface area contributed by atoms with Gasteiger partial charge in [0.05, 0.1) is 5.69 Å². The summed E-state index contributed by atoms with van der Waals surface area (Å²) in [5, 5.41) is 2.96. The van der Waals surface area contributed by atoms with E-state index in [4.69, 9.17) is 4.98 Å². The largest absolute Gasteiger partial charge is 0.326 e. The maximum Gasteiger partial charge on any atom is 0.254 e. The zero-order valence-electron chi connectivity index (χ0n) is 19.9. The number of anilines is 1. The minimum absolute atomic E-state index is 0.0149. The van der Waals surface area contributed by atoms with Crippen LogP contribution in [0, 0.1) is 13.8 Å². The molecule has 0 atom stereocenters. The van der Waals surface area contributed by atoms with Gasteiger partial charge in [0, 0.05) is 29.1 Å². The Kier molecular flexibility index (Phi) is 6.19. The molecule has 0 spiro atoms. The Morgan fingerprint density at radius 2 is 1.54 bits per heavy atom. The summed E-state index contributed by atoms with van der Waals surface area (Å²) in [6.07, 6.45) is 3.77. The first-order valence-corrected chi connectivity index (χ1v) is 11.9. The molecule has 1 aliphatic rings. The molecule has 0 radical (unpaired) electrons. The number of aromatic nitrogens is 2.